The highest BCUT2D eigenvalue weighted by Crippen LogP contribution is 2.26. The Morgan fingerprint density at radius 3 is 2.83 bits per heavy atom. The van der Waals surface area contributed by atoms with Crippen LogP contribution in [-0.2, 0) is 11.2 Å². The first-order valence-electron chi connectivity index (χ1n) is 6.87. The molecule has 2 rings (SSSR count). The van der Waals surface area contributed by atoms with Gasteiger partial charge in [0.15, 0.2) is 0 Å². The molecule has 0 spiro atoms. The Morgan fingerprint density at radius 1 is 1.33 bits per heavy atom. The van der Waals surface area contributed by atoms with Crippen LogP contribution in [-0.4, -0.2) is 37.7 Å². The molecule has 1 saturated carbocycles. The third-order valence-corrected chi connectivity index (χ3v) is 3.51. The van der Waals surface area contributed by atoms with Crippen LogP contribution in [0.2, 0.25) is 0 Å². The summed E-state index contributed by atoms with van der Waals surface area (Å²) >= 11 is 0. The zero-order valence-corrected chi connectivity index (χ0v) is 11.3. The Kier molecular flexibility index (Phi) is 5.02. The van der Waals surface area contributed by atoms with Gasteiger partial charge in [-0.1, -0.05) is 12.1 Å². The van der Waals surface area contributed by atoms with Crippen molar-refractivity contribution in [3.8, 4) is 0 Å². The standard InChI is InChI=1S/C15H24N2O/c1-18-11-10-17(15-7-8-15)9-3-5-13-4-2-6-14(16)12-13/h2,4,6,12,15H,3,5,7-11,16H2,1H3. The Bertz CT molecular complexity index is 363. The molecule has 1 aromatic carbocycles. The molecule has 1 fully saturated rings. The molecule has 0 atom stereocenters. The van der Waals surface area contributed by atoms with E-state index in [0.29, 0.717) is 0 Å². The highest BCUT2D eigenvalue weighted by atomic mass is 16.5. The van der Waals surface area contributed by atoms with Gasteiger partial charge in [0.1, 0.15) is 0 Å². The summed E-state index contributed by atoms with van der Waals surface area (Å²) < 4.78 is 5.17. The van der Waals surface area contributed by atoms with E-state index in [9.17, 15) is 0 Å². The van der Waals surface area contributed by atoms with Gasteiger partial charge in [0.25, 0.3) is 0 Å². The van der Waals surface area contributed by atoms with Crippen LogP contribution in [0.25, 0.3) is 0 Å². The van der Waals surface area contributed by atoms with E-state index in [1.54, 1.807) is 7.11 Å². The van der Waals surface area contributed by atoms with Crippen LogP contribution >= 0.6 is 0 Å². The van der Waals surface area contributed by atoms with E-state index in [0.717, 1.165) is 31.3 Å². The number of nitrogens with two attached hydrogens (primary N) is 1. The molecule has 0 aromatic heterocycles. The number of methoxy groups -OCH3 is 1. The van der Waals surface area contributed by atoms with Gasteiger partial charge in [0.05, 0.1) is 6.61 Å². The van der Waals surface area contributed by atoms with E-state index >= 15 is 0 Å². The summed E-state index contributed by atoms with van der Waals surface area (Å²) in [5.74, 6) is 0. The summed E-state index contributed by atoms with van der Waals surface area (Å²) in [4.78, 5) is 2.57. The predicted octanol–water partition coefficient (Wildman–Crippen LogP) is 2.31. The lowest BCUT2D eigenvalue weighted by molar-refractivity contribution is 0.143. The summed E-state index contributed by atoms with van der Waals surface area (Å²) in [6, 6.07) is 9.04. The fourth-order valence-electron chi connectivity index (χ4n) is 2.36. The second-order valence-electron chi connectivity index (χ2n) is 5.11. The molecule has 0 unspecified atom stereocenters. The third-order valence-electron chi connectivity index (χ3n) is 3.51. The van der Waals surface area contributed by atoms with Crippen molar-refractivity contribution in [1.29, 1.82) is 0 Å². The van der Waals surface area contributed by atoms with Gasteiger partial charge in [-0.05, 0) is 49.9 Å². The van der Waals surface area contributed by atoms with Crippen LogP contribution < -0.4 is 5.73 Å². The van der Waals surface area contributed by atoms with Gasteiger partial charge in [-0.3, -0.25) is 4.90 Å². The summed E-state index contributed by atoms with van der Waals surface area (Å²) in [7, 11) is 1.78. The summed E-state index contributed by atoms with van der Waals surface area (Å²) in [6.45, 7) is 3.08. The average Bonchev–Trinajstić information content (AvgIpc) is 3.18. The maximum absolute atomic E-state index is 5.79. The van der Waals surface area contributed by atoms with Crippen molar-refractivity contribution in [2.24, 2.45) is 0 Å². The Hall–Kier alpha value is -1.06. The number of anilines is 1. The molecule has 1 aliphatic carbocycles. The molecule has 0 bridgehead atoms. The van der Waals surface area contributed by atoms with Gasteiger partial charge in [0.2, 0.25) is 0 Å². The molecule has 0 heterocycles. The van der Waals surface area contributed by atoms with Crippen molar-refractivity contribution in [2.45, 2.75) is 31.7 Å². The van der Waals surface area contributed by atoms with Crippen LogP contribution in [0, 0.1) is 0 Å². The lowest BCUT2D eigenvalue weighted by Crippen LogP contribution is -2.30. The van der Waals surface area contributed by atoms with Crippen LogP contribution in [0.3, 0.4) is 0 Å². The smallest absolute Gasteiger partial charge is 0.0589 e. The highest BCUT2D eigenvalue weighted by Gasteiger charge is 2.27. The second kappa shape index (κ2) is 6.76. The molecule has 3 heteroatoms. The van der Waals surface area contributed by atoms with E-state index in [1.807, 2.05) is 12.1 Å². The van der Waals surface area contributed by atoms with E-state index < -0.39 is 0 Å². The minimum Gasteiger partial charge on any atom is -0.399 e. The van der Waals surface area contributed by atoms with Crippen LogP contribution in [0.1, 0.15) is 24.8 Å². The van der Waals surface area contributed by atoms with Gasteiger partial charge in [-0.2, -0.15) is 0 Å². The first-order valence-corrected chi connectivity index (χ1v) is 6.87. The molecule has 0 radical (unpaired) electrons. The van der Waals surface area contributed by atoms with Crippen LogP contribution in [0.4, 0.5) is 5.69 Å². The number of aryl methyl sites for hydroxylation is 1. The van der Waals surface area contributed by atoms with E-state index in [4.69, 9.17) is 10.5 Å². The first-order chi connectivity index (χ1) is 8.79. The molecule has 0 saturated heterocycles. The zero-order valence-electron chi connectivity index (χ0n) is 11.3. The topological polar surface area (TPSA) is 38.5 Å². The molecule has 3 nitrogen and oxygen atoms in total. The van der Waals surface area contributed by atoms with Crippen molar-refractivity contribution in [3.63, 3.8) is 0 Å². The number of hydrogen-bond acceptors (Lipinski definition) is 3. The fourth-order valence-corrected chi connectivity index (χ4v) is 2.36. The van der Waals surface area contributed by atoms with Crippen molar-refractivity contribution in [2.75, 3.05) is 32.5 Å². The average molecular weight is 248 g/mol. The Morgan fingerprint density at radius 2 is 2.17 bits per heavy atom. The number of nitrogen functional groups attached to an aromatic ring is 1. The lowest BCUT2D eigenvalue weighted by atomic mass is 10.1. The quantitative estimate of drug-likeness (QED) is 0.718. The molecule has 0 aliphatic heterocycles. The molecular formula is C15H24N2O. The molecule has 0 amide bonds. The van der Waals surface area contributed by atoms with Crippen LogP contribution in [0.15, 0.2) is 24.3 Å². The summed E-state index contributed by atoms with van der Waals surface area (Å²) in [6.07, 6.45) is 5.04. The lowest BCUT2D eigenvalue weighted by Gasteiger charge is -2.21. The Labute approximate surface area is 110 Å². The Balaban J connectivity index is 1.72. The normalized spacial score (nSPS) is 15.2. The zero-order chi connectivity index (χ0) is 12.8. The van der Waals surface area contributed by atoms with Crippen molar-refractivity contribution < 1.29 is 4.74 Å². The molecular weight excluding hydrogens is 224 g/mol. The molecule has 1 aromatic rings. The van der Waals surface area contributed by atoms with Gasteiger partial charge in [-0.25, -0.2) is 0 Å². The molecule has 2 N–H and O–H groups in total. The monoisotopic (exact) mass is 248 g/mol. The first kappa shape index (κ1) is 13.4. The van der Waals surface area contributed by atoms with E-state index in [2.05, 4.69) is 17.0 Å². The van der Waals surface area contributed by atoms with E-state index in [-0.39, 0.29) is 0 Å². The molecule has 100 valence electrons. The third kappa shape index (κ3) is 4.31. The van der Waals surface area contributed by atoms with Crippen molar-refractivity contribution in [3.05, 3.63) is 29.8 Å². The second-order valence-corrected chi connectivity index (χ2v) is 5.11. The maximum Gasteiger partial charge on any atom is 0.0589 e. The number of nitrogens with zero attached hydrogens (tertiary/aromatic N) is 1. The largest absolute Gasteiger partial charge is 0.399 e. The number of hydrogen-bond donors (Lipinski definition) is 1. The minimum absolute atomic E-state index is 0.820. The SMILES string of the molecule is COCCN(CCCc1cccc(N)c1)C1CC1. The molecule has 18 heavy (non-hydrogen) atoms. The van der Waals surface area contributed by atoms with Gasteiger partial charge >= 0.3 is 0 Å². The molecule has 1 aliphatic rings. The fraction of sp³-hybridized carbons (Fsp3) is 0.600. The van der Waals surface area contributed by atoms with Gasteiger partial charge in [0, 0.05) is 25.4 Å². The minimum atomic E-state index is 0.820. The number of rotatable bonds is 8. The van der Waals surface area contributed by atoms with Gasteiger partial charge < -0.3 is 10.5 Å². The van der Waals surface area contributed by atoms with Crippen molar-refractivity contribution >= 4 is 5.69 Å². The maximum atomic E-state index is 5.79. The predicted molar refractivity (Wildman–Crippen MR) is 75.6 cm³/mol. The highest BCUT2D eigenvalue weighted by molar-refractivity contribution is 5.40. The summed E-state index contributed by atoms with van der Waals surface area (Å²) in [5, 5.41) is 0. The van der Waals surface area contributed by atoms with E-state index in [1.165, 1.54) is 31.4 Å². The van der Waals surface area contributed by atoms with Crippen molar-refractivity contribution in [1.82, 2.24) is 4.90 Å². The number of benzene rings is 1. The summed E-state index contributed by atoms with van der Waals surface area (Å²) in [5.41, 5.74) is 8.00. The van der Waals surface area contributed by atoms with Gasteiger partial charge in [-0.15, -0.1) is 0 Å². The number of ether oxygens (including phenoxy) is 1. The van der Waals surface area contributed by atoms with Crippen LogP contribution in [0.5, 0.6) is 0 Å².